The standard InChI is InChI=1S/C27H33NO4/c1-19(15-20-7-3-2-4-8-20)32-26(29)31-18-30-22-11-10-21-16-25-23-9-5-6-12-27(23,13-14-28-25)24(21)17-22/h2-4,7-8,10-11,17,19,23,25,28H,5-6,9,12-16,18H2,1H3/t19?,23-,25-,27+/m1/s1. The first-order chi connectivity index (χ1) is 15.6. The summed E-state index contributed by atoms with van der Waals surface area (Å²) in [5.74, 6) is 1.50. The SMILES string of the molecule is CC(Cc1ccccc1)OC(=O)OCOc1ccc2c(c1)[C@]13CCCC[C@@H]1[C@@H](C2)NCC3. The van der Waals surface area contributed by atoms with Crippen molar-refractivity contribution in [3.8, 4) is 5.75 Å². The minimum Gasteiger partial charge on any atom is -0.457 e. The molecule has 1 heterocycles. The van der Waals surface area contributed by atoms with Crippen LogP contribution in [0.2, 0.25) is 0 Å². The van der Waals surface area contributed by atoms with Crippen molar-refractivity contribution < 1.29 is 19.0 Å². The van der Waals surface area contributed by atoms with E-state index in [-0.39, 0.29) is 18.3 Å². The molecule has 5 rings (SSSR count). The second-order valence-electron chi connectivity index (χ2n) is 9.62. The number of benzene rings is 2. The molecule has 0 spiro atoms. The Morgan fingerprint density at radius 1 is 1.16 bits per heavy atom. The van der Waals surface area contributed by atoms with Gasteiger partial charge in [0, 0.05) is 17.9 Å². The van der Waals surface area contributed by atoms with Crippen molar-refractivity contribution in [1.29, 1.82) is 0 Å². The van der Waals surface area contributed by atoms with Crippen molar-refractivity contribution >= 4 is 6.16 Å². The highest BCUT2D eigenvalue weighted by Crippen LogP contribution is 2.54. The van der Waals surface area contributed by atoms with Crippen LogP contribution in [0.5, 0.6) is 5.75 Å². The van der Waals surface area contributed by atoms with E-state index in [1.54, 1.807) is 0 Å². The molecule has 2 aromatic rings. The van der Waals surface area contributed by atoms with Gasteiger partial charge in [-0.1, -0.05) is 49.2 Å². The van der Waals surface area contributed by atoms with Gasteiger partial charge in [0.25, 0.3) is 0 Å². The van der Waals surface area contributed by atoms with Gasteiger partial charge >= 0.3 is 6.16 Å². The van der Waals surface area contributed by atoms with Crippen molar-refractivity contribution in [1.82, 2.24) is 5.32 Å². The second kappa shape index (κ2) is 9.14. The first kappa shape index (κ1) is 21.3. The Hall–Kier alpha value is -2.53. The molecule has 1 saturated heterocycles. The summed E-state index contributed by atoms with van der Waals surface area (Å²) in [7, 11) is 0. The van der Waals surface area contributed by atoms with Gasteiger partial charge in [0.05, 0.1) is 0 Å². The van der Waals surface area contributed by atoms with E-state index in [0.717, 1.165) is 30.2 Å². The van der Waals surface area contributed by atoms with Crippen LogP contribution in [0.15, 0.2) is 48.5 Å². The zero-order valence-electron chi connectivity index (χ0n) is 18.8. The lowest BCUT2D eigenvalue weighted by atomic mass is 9.53. The maximum Gasteiger partial charge on any atom is 0.511 e. The molecule has 1 unspecified atom stereocenters. The van der Waals surface area contributed by atoms with Gasteiger partial charge < -0.3 is 19.5 Å². The highest BCUT2D eigenvalue weighted by atomic mass is 16.8. The van der Waals surface area contributed by atoms with Crippen LogP contribution < -0.4 is 10.1 Å². The Balaban J connectivity index is 1.18. The predicted octanol–water partition coefficient (Wildman–Crippen LogP) is 5.15. The zero-order chi connectivity index (χ0) is 22.0. The monoisotopic (exact) mass is 435 g/mol. The fourth-order valence-corrected chi connectivity index (χ4v) is 6.32. The number of hydrogen-bond acceptors (Lipinski definition) is 5. The summed E-state index contributed by atoms with van der Waals surface area (Å²) in [4.78, 5) is 12.1. The highest BCUT2D eigenvalue weighted by Gasteiger charge is 2.51. The Bertz CT molecular complexity index is 942. The van der Waals surface area contributed by atoms with Gasteiger partial charge in [-0.15, -0.1) is 0 Å². The quantitative estimate of drug-likeness (QED) is 0.502. The first-order valence-electron chi connectivity index (χ1n) is 12.0. The summed E-state index contributed by atoms with van der Waals surface area (Å²) < 4.78 is 16.4. The lowest BCUT2D eigenvalue weighted by Crippen LogP contribution is -2.59. The van der Waals surface area contributed by atoms with Crippen molar-refractivity contribution in [2.45, 2.75) is 69.4 Å². The van der Waals surface area contributed by atoms with Gasteiger partial charge in [0.1, 0.15) is 11.9 Å². The van der Waals surface area contributed by atoms with Crippen LogP contribution in [0.1, 0.15) is 55.7 Å². The zero-order valence-corrected chi connectivity index (χ0v) is 18.8. The molecule has 0 amide bonds. The molecule has 4 atom stereocenters. The van der Waals surface area contributed by atoms with Crippen LogP contribution in [-0.2, 0) is 27.7 Å². The molecule has 2 bridgehead atoms. The molecule has 1 N–H and O–H groups in total. The van der Waals surface area contributed by atoms with Crippen molar-refractivity contribution in [2.75, 3.05) is 13.3 Å². The fourth-order valence-electron chi connectivity index (χ4n) is 6.32. The molecular formula is C27H33NO4. The summed E-state index contributed by atoms with van der Waals surface area (Å²) >= 11 is 0. The third-order valence-electron chi connectivity index (χ3n) is 7.68. The van der Waals surface area contributed by atoms with Gasteiger partial charge in [-0.2, -0.15) is 0 Å². The van der Waals surface area contributed by atoms with Gasteiger partial charge in [0.2, 0.25) is 6.79 Å². The van der Waals surface area contributed by atoms with Crippen LogP contribution in [-0.4, -0.2) is 31.6 Å². The average molecular weight is 436 g/mol. The van der Waals surface area contributed by atoms with E-state index < -0.39 is 6.16 Å². The highest BCUT2D eigenvalue weighted by molar-refractivity contribution is 5.60. The van der Waals surface area contributed by atoms with E-state index in [1.165, 1.54) is 43.2 Å². The normalized spacial score (nSPS) is 26.9. The van der Waals surface area contributed by atoms with Crippen LogP contribution >= 0.6 is 0 Å². The Labute approximate surface area is 190 Å². The number of ether oxygens (including phenoxy) is 3. The lowest BCUT2D eigenvalue weighted by molar-refractivity contribution is -0.0115. The second-order valence-corrected chi connectivity index (χ2v) is 9.62. The topological polar surface area (TPSA) is 56.8 Å². The van der Waals surface area contributed by atoms with Crippen molar-refractivity contribution in [3.63, 3.8) is 0 Å². The van der Waals surface area contributed by atoms with E-state index >= 15 is 0 Å². The van der Waals surface area contributed by atoms with Crippen LogP contribution in [0.3, 0.4) is 0 Å². The molecule has 2 aromatic carbocycles. The first-order valence-corrected chi connectivity index (χ1v) is 12.0. The molecule has 32 heavy (non-hydrogen) atoms. The lowest BCUT2D eigenvalue weighted by Gasteiger charge is -2.56. The molecule has 170 valence electrons. The predicted molar refractivity (Wildman–Crippen MR) is 123 cm³/mol. The minimum atomic E-state index is -0.696. The fraction of sp³-hybridized carbons (Fsp3) is 0.519. The van der Waals surface area contributed by atoms with Crippen molar-refractivity contribution in [3.05, 3.63) is 65.2 Å². The number of rotatable bonds is 6. The van der Waals surface area contributed by atoms with E-state index in [9.17, 15) is 4.79 Å². The molecule has 0 aromatic heterocycles. The third kappa shape index (κ3) is 4.23. The molecule has 2 aliphatic carbocycles. The largest absolute Gasteiger partial charge is 0.511 e. The Morgan fingerprint density at radius 2 is 2.03 bits per heavy atom. The maximum atomic E-state index is 12.1. The van der Waals surface area contributed by atoms with E-state index in [2.05, 4.69) is 17.4 Å². The molecule has 1 saturated carbocycles. The smallest absolute Gasteiger partial charge is 0.457 e. The van der Waals surface area contributed by atoms with E-state index in [0.29, 0.717) is 12.5 Å². The van der Waals surface area contributed by atoms with Crippen LogP contribution in [0, 0.1) is 5.92 Å². The Kier molecular flexibility index (Phi) is 6.09. The summed E-state index contributed by atoms with van der Waals surface area (Å²) in [6, 6.07) is 17.0. The summed E-state index contributed by atoms with van der Waals surface area (Å²) in [5, 5.41) is 3.77. The van der Waals surface area contributed by atoms with Gasteiger partial charge in [-0.3, -0.25) is 0 Å². The van der Waals surface area contributed by atoms with Gasteiger partial charge in [0.15, 0.2) is 0 Å². The van der Waals surface area contributed by atoms with E-state index in [4.69, 9.17) is 14.2 Å². The molecule has 5 heteroatoms. The number of fused-ring (bicyclic) bond motifs is 1. The minimum absolute atomic E-state index is 0.143. The van der Waals surface area contributed by atoms with Crippen LogP contribution in [0.25, 0.3) is 0 Å². The van der Waals surface area contributed by atoms with Crippen molar-refractivity contribution in [2.24, 2.45) is 5.92 Å². The molecule has 2 fully saturated rings. The van der Waals surface area contributed by atoms with E-state index in [1.807, 2.05) is 43.3 Å². The summed E-state index contributed by atoms with van der Waals surface area (Å²) in [6.45, 7) is 2.82. The van der Waals surface area contributed by atoms with Gasteiger partial charge in [-0.05, 0) is 73.9 Å². The third-order valence-corrected chi connectivity index (χ3v) is 7.68. The molecule has 1 aliphatic heterocycles. The Morgan fingerprint density at radius 3 is 2.91 bits per heavy atom. The average Bonchev–Trinajstić information content (AvgIpc) is 2.80. The number of hydrogen-bond donors (Lipinski definition) is 1. The number of carbonyl (C=O) groups excluding carboxylic acids is 1. The number of piperidine rings is 1. The van der Waals surface area contributed by atoms with Gasteiger partial charge in [-0.25, -0.2) is 4.79 Å². The molecule has 0 radical (unpaired) electrons. The molecule has 3 aliphatic rings. The molecule has 5 nitrogen and oxygen atoms in total. The maximum absolute atomic E-state index is 12.1. The number of nitrogens with one attached hydrogen (secondary N) is 1. The number of carbonyl (C=O) groups is 1. The van der Waals surface area contributed by atoms with Crippen LogP contribution in [0.4, 0.5) is 4.79 Å². The summed E-state index contributed by atoms with van der Waals surface area (Å²) in [6.07, 6.45) is 7.24. The molecular weight excluding hydrogens is 402 g/mol. The summed E-state index contributed by atoms with van der Waals surface area (Å²) in [5.41, 5.74) is 4.33.